The minimum absolute atomic E-state index is 0.192. The Morgan fingerprint density at radius 2 is 1.65 bits per heavy atom. The lowest BCUT2D eigenvalue weighted by atomic mass is 10.1. The molecule has 20 heavy (non-hydrogen) atoms. The molecule has 0 aromatic heterocycles. The molecule has 1 fully saturated rings. The zero-order valence-electron chi connectivity index (χ0n) is 11.4. The molecule has 1 aliphatic rings. The number of nitrogens with one attached hydrogen (secondary N) is 1. The first-order valence-corrected chi connectivity index (χ1v) is 8.36. The zero-order valence-corrected chi connectivity index (χ0v) is 12.2. The van der Waals surface area contributed by atoms with Gasteiger partial charge in [-0.2, -0.15) is 17.4 Å². The molecule has 1 aliphatic heterocycles. The summed E-state index contributed by atoms with van der Waals surface area (Å²) in [5.41, 5.74) is 0.520. The van der Waals surface area contributed by atoms with Crippen molar-refractivity contribution in [1.29, 1.82) is 0 Å². The Labute approximate surface area is 120 Å². The molecule has 0 bridgehead atoms. The van der Waals surface area contributed by atoms with Gasteiger partial charge in [0, 0.05) is 18.7 Å². The Kier molecular flexibility index (Phi) is 5.28. The van der Waals surface area contributed by atoms with E-state index in [1.54, 1.807) is 24.3 Å². The van der Waals surface area contributed by atoms with Crippen LogP contribution in [0.4, 0.5) is 0 Å². The zero-order chi connectivity index (χ0) is 14.4. The molecule has 0 atom stereocenters. The fourth-order valence-electron chi connectivity index (χ4n) is 2.26. The van der Waals surface area contributed by atoms with Gasteiger partial charge < -0.3 is 0 Å². The number of hydrogen-bond acceptors (Lipinski definition) is 3. The third-order valence-electron chi connectivity index (χ3n) is 3.42. The van der Waals surface area contributed by atoms with Crippen LogP contribution in [0.25, 0.3) is 0 Å². The van der Waals surface area contributed by atoms with Crippen LogP contribution in [0.2, 0.25) is 0 Å². The van der Waals surface area contributed by atoms with E-state index >= 15 is 0 Å². The van der Waals surface area contributed by atoms with Gasteiger partial charge in [0.15, 0.2) is 5.78 Å². The normalized spacial score (nSPS) is 17.6. The molecule has 0 saturated carbocycles. The fourth-order valence-corrected chi connectivity index (χ4v) is 3.49. The van der Waals surface area contributed by atoms with Crippen molar-refractivity contribution < 1.29 is 13.2 Å². The van der Waals surface area contributed by atoms with Crippen molar-refractivity contribution in [1.82, 2.24) is 9.03 Å². The van der Waals surface area contributed by atoms with E-state index in [4.69, 9.17) is 0 Å². The number of ketones is 1. The molecule has 110 valence electrons. The molecule has 0 radical (unpaired) electrons. The second-order valence-electron chi connectivity index (χ2n) is 4.93. The third kappa shape index (κ3) is 4.13. The van der Waals surface area contributed by atoms with Crippen molar-refractivity contribution in [2.24, 2.45) is 0 Å². The second-order valence-corrected chi connectivity index (χ2v) is 6.68. The van der Waals surface area contributed by atoms with Crippen molar-refractivity contribution >= 4 is 16.0 Å². The van der Waals surface area contributed by atoms with Crippen molar-refractivity contribution in [3.8, 4) is 0 Å². The summed E-state index contributed by atoms with van der Waals surface area (Å²) in [5.74, 6) is -0.219. The topological polar surface area (TPSA) is 66.5 Å². The molecule has 1 saturated heterocycles. The third-order valence-corrected chi connectivity index (χ3v) is 4.97. The maximum Gasteiger partial charge on any atom is 0.279 e. The van der Waals surface area contributed by atoms with Crippen LogP contribution < -0.4 is 4.72 Å². The summed E-state index contributed by atoms with van der Waals surface area (Å²) in [7, 11) is -3.55. The van der Waals surface area contributed by atoms with Gasteiger partial charge in [-0.3, -0.25) is 4.79 Å². The molecule has 1 N–H and O–H groups in total. The molecule has 2 rings (SSSR count). The molecular formula is C14H20N2O3S. The maximum absolute atomic E-state index is 12.1. The largest absolute Gasteiger partial charge is 0.293 e. The van der Waals surface area contributed by atoms with E-state index < -0.39 is 10.2 Å². The van der Waals surface area contributed by atoms with E-state index in [2.05, 4.69) is 4.72 Å². The first-order chi connectivity index (χ1) is 9.59. The number of rotatable bonds is 5. The molecule has 0 aliphatic carbocycles. The van der Waals surface area contributed by atoms with Gasteiger partial charge in [0.1, 0.15) is 0 Å². The quantitative estimate of drug-likeness (QED) is 0.839. The first kappa shape index (κ1) is 15.2. The number of Topliss-reactive ketones (excluding diaryl/α,β-unsaturated/α-hetero) is 1. The average molecular weight is 296 g/mol. The Bertz CT molecular complexity index is 535. The van der Waals surface area contributed by atoms with Crippen LogP contribution >= 0.6 is 0 Å². The molecule has 5 nitrogen and oxygen atoms in total. The lowest BCUT2D eigenvalue weighted by Crippen LogP contribution is -2.43. The van der Waals surface area contributed by atoms with Crippen LogP contribution in [-0.2, 0) is 10.2 Å². The summed E-state index contributed by atoms with van der Waals surface area (Å²) >= 11 is 0. The van der Waals surface area contributed by atoms with Crippen molar-refractivity contribution in [2.75, 3.05) is 19.6 Å². The van der Waals surface area contributed by atoms with Crippen LogP contribution in [0.5, 0.6) is 0 Å². The number of nitrogens with zero attached hydrogens (tertiary/aromatic N) is 1. The van der Waals surface area contributed by atoms with Crippen LogP contribution in [0.15, 0.2) is 30.3 Å². The van der Waals surface area contributed by atoms with E-state index in [-0.39, 0.29) is 12.3 Å². The SMILES string of the molecule is O=C(CNS(=O)(=O)N1CCCCCC1)c1ccccc1. The summed E-state index contributed by atoms with van der Waals surface area (Å²) in [5, 5.41) is 0. The van der Waals surface area contributed by atoms with Crippen molar-refractivity contribution in [3.05, 3.63) is 35.9 Å². The summed E-state index contributed by atoms with van der Waals surface area (Å²) in [4.78, 5) is 11.9. The first-order valence-electron chi connectivity index (χ1n) is 6.92. The standard InChI is InChI=1S/C14H20N2O3S/c17-14(13-8-4-3-5-9-13)12-15-20(18,19)16-10-6-1-2-7-11-16/h3-5,8-9,15H,1-2,6-7,10-12H2. The summed E-state index contributed by atoms with van der Waals surface area (Å²) < 4.78 is 28.1. The molecule has 6 heteroatoms. The average Bonchev–Trinajstić information content (AvgIpc) is 2.75. The highest BCUT2D eigenvalue weighted by Crippen LogP contribution is 2.12. The molecular weight excluding hydrogens is 276 g/mol. The fraction of sp³-hybridized carbons (Fsp3) is 0.500. The molecule has 0 spiro atoms. The minimum atomic E-state index is -3.55. The highest BCUT2D eigenvalue weighted by Gasteiger charge is 2.23. The number of hydrogen-bond donors (Lipinski definition) is 1. The number of benzene rings is 1. The Balaban J connectivity index is 1.93. The number of carbonyl (C=O) groups is 1. The van der Waals surface area contributed by atoms with Gasteiger partial charge in [-0.15, -0.1) is 0 Å². The predicted molar refractivity (Wildman–Crippen MR) is 77.7 cm³/mol. The van der Waals surface area contributed by atoms with E-state index in [1.165, 1.54) is 4.31 Å². The summed E-state index contributed by atoms with van der Waals surface area (Å²) in [6, 6.07) is 8.70. The molecule has 0 amide bonds. The Hall–Kier alpha value is -1.24. The summed E-state index contributed by atoms with van der Waals surface area (Å²) in [6.07, 6.45) is 3.89. The lowest BCUT2D eigenvalue weighted by molar-refractivity contribution is 0.0996. The maximum atomic E-state index is 12.1. The van der Waals surface area contributed by atoms with E-state index in [0.717, 1.165) is 25.7 Å². The van der Waals surface area contributed by atoms with Crippen LogP contribution in [0, 0.1) is 0 Å². The molecule has 1 heterocycles. The highest BCUT2D eigenvalue weighted by atomic mass is 32.2. The van der Waals surface area contributed by atoms with Gasteiger partial charge >= 0.3 is 0 Å². The van der Waals surface area contributed by atoms with Crippen LogP contribution in [0.1, 0.15) is 36.0 Å². The monoisotopic (exact) mass is 296 g/mol. The van der Waals surface area contributed by atoms with E-state index in [9.17, 15) is 13.2 Å². The van der Waals surface area contributed by atoms with Crippen molar-refractivity contribution in [2.45, 2.75) is 25.7 Å². The van der Waals surface area contributed by atoms with E-state index in [1.807, 2.05) is 6.07 Å². The summed E-state index contributed by atoms with van der Waals surface area (Å²) in [6.45, 7) is 0.882. The minimum Gasteiger partial charge on any atom is -0.293 e. The smallest absolute Gasteiger partial charge is 0.279 e. The Morgan fingerprint density at radius 1 is 1.05 bits per heavy atom. The van der Waals surface area contributed by atoms with Gasteiger partial charge in [-0.1, -0.05) is 43.2 Å². The van der Waals surface area contributed by atoms with E-state index in [0.29, 0.717) is 18.7 Å². The van der Waals surface area contributed by atoms with Gasteiger partial charge in [-0.25, -0.2) is 0 Å². The Morgan fingerprint density at radius 3 is 2.25 bits per heavy atom. The van der Waals surface area contributed by atoms with Gasteiger partial charge in [0.2, 0.25) is 0 Å². The highest BCUT2D eigenvalue weighted by molar-refractivity contribution is 7.87. The van der Waals surface area contributed by atoms with Crippen LogP contribution in [0.3, 0.4) is 0 Å². The molecule has 1 aromatic rings. The second kappa shape index (κ2) is 6.97. The van der Waals surface area contributed by atoms with Gasteiger partial charge in [0.05, 0.1) is 6.54 Å². The molecule has 1 aromatic carbocycles. The lowest BCUT2D eigenvalue weighted by Gasteiger charge is -2.19. The molecule has 0 unspecified atom stereocenters. The van der Waals surface area contributed by atoms with Crippen LogP contribution in [-0.4, -0.2) is 38.1 Å². The predicted octanol–water partition coefficient (Wildman–Crippen LogP) is 1.58. The van der Waals surface area contributed by atoms with Gasteiger partial charge in [-0.05, 0) is 12.8 Å². The van der Waals surface area contributed by atoms with Gasteiger partial charge in [0.25, 0.3) is 10.2 Å². The number of carbonyl (C=O) groups excluding carboxylic acids is 1. The van der Waals surface area contributed by atoms with Crippen molar-refractivity contribution in [3.63, 3.8) is 0 Å².